The number of halogens is 1. The molecule has 0 saturated heterocycles. The van der Waals surface area contributed by atoms with E-state index in [-0.39, 0.29) is 0 Å². The molecule has 0 bridgehead atoms. The van der Waals surface area contributed by atoms with Crippen molar-refractivity contribution in [3.63, 3.8) is 0 Å². The fraction of sp³-hybridized carbons (Fsp3) is 0.200. The quantitative estimate of drug-likeness (QED) is 0.668. The highest BCUT2D eigenvalue weighted by atomic mass is 35.5. The zero-order valence-corrected chi connectivity index (χ0v) is 14.6. The lowest BCUT2D eigenvalue weighted by Gasteiger charge is -2.05. The fourth-order valence-corrected chi connectivity index (χ4v) is 2.74. The van der Waals surface area contributed by atoms with Crippen LogP contribution in [0.1, 0.15) is 16.9 Å². The van der Waals surface area contributed by atoms with Gasteiger partial charge in [-0.15, -0.1) is 0 Å². The minimum absolute atomic E-state index is 0.574. The van der Waals surface area contributed by atoms with Crippen molar-refractivity contribution in [3.8, 4) is 17.1 Å². The van der Waals surface area contributed by atoms with Crippen molar-refractivity contribution in [1.29, 1.82) is 0 Å². The maximum absolute atomic E-state index is 6.17. The Morgan fingerprint density at radius 2 is 1.79 bits per heavy atom. The third-order valence-corrected chi connectivity index (χ3v) is 4.14. The van der Waals surface area contributed by atoms with Gasteiger partial charge in [-0.2, -0.15) is 0 Å². The molecule has 2 aromatic carbocycles. The van der Waals surface area contributed by atoms with Crippen molar-refractivity contribution in [2.24, 2.45) is 0 Å². The van der Waals surface area contributed by atoms with Gasteiger partial charge in [0.15, 0.2) is 0 Å². The van der Waals surface area contributed by atoms with Crippen LogP contribution in [-0.2, 0) is 13.1 Å². The summed E-state index contributed by atoms with van der Waals surface area (Å²) in [7, 11) is 1.60. The van der Waals surface area contributed by atoms with E-state index in [1.54, 1.807) is 7.11 Å². The van der Waals surface area contributed by atoms with Gasteiger partial charge in [0.05, 0.1) is 18.7 Å². The van der Waals surface area contributed by atoms with Gasteiger partial charge in [0, 0.05) is 12.1 Å². The Hall–Kier alpha value is -2.23. The lowest BCUT2D eigenvalue weighted by atomic mass is 10.1. The summed E-state index contributed by atoms with van der Waals surface area (Å²) in [6, 6.07) is 18.1. The van der Waals surface area contributed by atoms with Crippen molar-refractivity contribution in [1.82, 2.24) is 5.32 Å². The van der Waals surface area contributed by atoms with E-state index in [2.05, 4.69) is 36.5 Å². The van der Waals surface area contributed by atoms with Crippen LogP contribution in [0.4, 0.5) is 0 Å². The van der Waals surface area contributed by atoms with Crippen LogP contribution in [0.25, 0.3) is 11.3 Å². The Bertz CT molecular complexity index is 809. The molecule has 0 spiro atoms. The summed E-state index contributed by atoms with van der Waals surface area (Å²) in [5.41, 5.74) is 3.47. The van der Waals surface area contributed by atoms with Crippen molar-refractivity contribution >= 4 is 11.6 Å². The first-order valence-electron chi connectivity index (χ1n) is 7.84. The Kier molecular flexibility index (Phi) is 5.24. The van der Waals surface area contributed by atoms with E-state index in [1.165, 1.54) is 11.1 Å². The summed E-state index contributed by atoms with van der Waals surface area (Å²) in [4.78, 5) is 0. The maximum Gasteiger partial charge on any atom is 0.137 e. The summed E-state index contributed by atoms with van der Waals surface area (Å²) in [6.07, 6.45) is 0. The number of rotatable bonds is 6. The molecule has 0 atom stereocenters. The fourth-order valence-electron chi connectivity index (χ4n) is 2.48. The number of aryl methyl sites for hydroxylation is 1. The van der Waals surface area contributed by atoms with Crippen LogP contribution in [0.15, 0.2) is 59.0 Å². The van der Waals surface area contributed by atoms with Crippen LogP contribution >= 0.6 is 11.6 Å². The van der Waals surface area contributed by atoms with Crippen molar-refractivity contribution < 1.29 is 9.15 Å². The van der Waals surface area contributed by atoms with Gasteiger partial charge in [-0.1, -0.05) is 41.4 Å². The Labute approximate surface area is 147 Å². The molecule has 1 aromatic heterocycles. The zero-order chi connectivity index (χ0) is 16.9. The molecule has 24 heavy (non-hydrogen) atoms. The van der Waals surface area contributed by atoms with E-state index in [9.17, 15) is 0 Å². The van der Waals surface area contributed by atoms with Crippen molar-refractivity contribution in [2.45, 2.75) is 20.0 Å². The molecule has 3 nitrogen and oxygen atoms in total. The van der Waals surface area contributed by atoms with Gasteiger partial charge in [-0.3, -0.25) is 0 Å². The van der Waals surface area contributed by atoms with E-state index in [4.69, 9.17) is 20.8 Å². The summed E-state index contributed by atoms with van der Waals surface area (Å²) >= 11 is 6.17. The molecule has 1 heterocycles. The molecular weight excluding hydrogens is 322 g/mol. The maximum atomic E-state index is 6.17. The van der Waals surface area contributed by atoms with Gasteiger partial charge < -0.3 is 14.5 Å². The average molecular weight is 342 g/mol. The van der Waals surface area contributed by atoms with Gasteiger partial charge in [0.2, 0.25) is 0 Å². The monoisotopic (exact) mass is 341 g/mol. The van der Waals surface area contributed by atoms with Crippen LogP contribution in [-0.4, -0.2) is 7.11 Å². The lowest BCUT2D eigenvalue weighted by molar-refractivity contribution is 0.415. The highest BCUT2D eigenvalue weighted by Crippen LogP contribution is 2.31. The van der Waals surface area contributed by atoms with Gasteiger partial charge in [-0.05, 0) is 42.8 Å². The standard InChI is InChI=1S/C20H20ClNO2/c1-14-3-5-15(6-4-14)12-22-13-17-8-10-19(24-17)16-7-9-20(23-2)18(21)11-16/h3-11,22H,12-13H2,1-2H3. The van der Waals surface area contributed by atoms with Crippen molar-refractivity contribution in [3.05, 3.63) is 76.5 Å². The van der Waals surface area contributed by atoms with E-state index in [0.29, 0.717) is 17.3 Å². The largest absolute Gasteiger partial charge is 0.495 e. The van der Waals surface area contributed by atoms with E-state index in [0.717, 1.165) is 23.6 Å². The molecule has 4 heteroatoms. The summed E-state index contributed by atoms with van der Waals surface area (Å²) in [6.45, 7) is 3.58. The third kappa shape index (κ3) is 3.99. The van der Waals surface area contributed by atoms with Crippen LogP contribution in [0.5, 0.6) is 5.75 Å². The first-order chi connectivity index (χ1) is 11.7. The number of furan rings is 1. The number of nitrogens with one attached hydrogen (secondary N) is 1. The lowest BCUT2D eigenvalue weighted by Crippen LogP contribution is -2.11. The van der Waals surface area contributed by atoms with Gasteiger partial charge in [0.1, 0.15) is 17.3 Å². The number of methoxy groups -OCH3 is 1. The first kappa shape index (κ1) is 16.6. The molecule has 0 radical (unpaired) electrons. The summed E-state index contributed by atoms with van der Waals surface area (Å²) < 4.78 is 11.1. The second-order valence-electron chi connectivity index (χ2n) is 5.70. The summed E-state index contributed by atoms with van der Waals surface area (Å²) in [5.74, 6) is 2.35. The Morgan fingerprint density at radius 1 is 1.00 bits per heavy atom. The predicted molar refractivity (Wildman–Crippen MR) is 97.4 cm³/mol. The van der Waals surface area contributed by atoms with Crippen LogP contribution in [0, 0.1) is 6.92 Å². The SMILES string of the molecule is COc1ccc(-c2ccc(CNCc3ccc(C)cc3)o2)cc1Cl. The Morgan fingerprint density at radius 3 is 2.50 bits per heavy atom. The molecule has 0 aliphatic heterocycles. The van der Waals surface area contributed by atoms with Gasteiger partial charge in [-0.25, -0.2) is 0 Å². The van der Waals surface area contributed by atoms with Gasteiger partial charge in [0.25, 0.3) is 0 Å². The summed E-state index contributed by atoms with van der Waals surface area (Å²) in [5, 5.41) is 3.97. The highest BCUT2D eigenvalue weighted by molar-refractivity contribution is 6.32. The molecule has 0 aliphatic rings. The Balaban J connectivity index is 1.61. The van der Waals surface area contributed by atoms with Gasteiger partial charge >= 0.3 is 0 Å². The first-order valence-corrected chi connectivity index (χ1v) is 8.22. The number of ether oxygens (including phenoxy) is 1. The second kappa shape index (κ2) is 7.56. The normalized spacial score (nSPS) is 10.8. The van der Waals surface area contributed by atoms with E-state index in [1.807, 2.05) is 30.3 Å². The van der Waals surface area contributed by atoms with Crippen LogP contribution in [0.2, 0.25) is 5.02 Å². The smallest absolute Gasteiger partial charge is 0.137 e. The molecule has 3 aromatic rings. The second-order valence-corrected chi connectivity index (χ2v) is 6.11. The van der Waals surface area contributed by atoms with Crippen LogP contribution in [0.3, 0.4) is 0 Å². The molecule has 0 unspecified atom stereocenters. The van der Waals surface area contributed by atoms with E-state index >= 15 is 0 Å². The molecule has 3 rings (SSSR count). The topological polar surface area (TPSA) is 34.4 Å². The number of hydrogen-bond donors (Lipinski definition) is 1. The highest BCUT2D eigenvalue weighted by Gasteiger charge is 2.08. The molecule has 0 fully saturated rings. The molecule has 0 saturated carbocycles. The molecule has 124 valence electrons. The van der Waals surface area contributed by atoms with Crippen LogP contribution < -0.4 is 10.1 Å². The average Bonchev–Trinajstić information content (AvgIpc) is 3.05. The number of hydrogen-bond acceptors (Lipinski definition) is 3. The van der Waals surface area contributed by atoms with E-state index < -0.39 is 0 Å². The zero-order valence-electron chi connectivity index (χ0n) is 13.8. The molecule has 0 aliphatic carbocycles. The molecular formula is C20H20ClNO2. The minimum atomic E-state index is 0.574. The molecule has 0 amide bonds. The van der Waals surface area contributed by atoms with Crippen molar-refractivity contribution in [2.75, 3.05) is 7.11 Å². The molecule has 1 N–H and O–H groups in total. The number of benzene rings is 2. The third-order valence-electron chi connectivity index (χ3n) is 3.85. The minimum Gasteiger partial charge on any atom is -0.495 e. The predicted octanol–water partition coefficient (Wildman–Crippen LogP) is 5.21.